The Morgan fingerprint density at radius 2 is 1.54 bits per heavy atom. The molecule has 2 aromatic carbocycles. The molecule has 0 N–H and O–H groups in total. The molecule has 0 aliphatic carbocycles. The smallest absolute Gasteiger partial charge is 0.228 e. The van der Waals surface area contributed by atoms with Gasteiger partial charge in [-0.25, -0.2) is 0 Å². The van der Waals surface area contributed by atoms with E-state index in [4.69, 9.17) is 0 Å². The van der Waals surface area contributed by atoms with E-state index in [2.05, 4.69) is 66.2 Å². The van der Waals surface area contributed by atoms with Crippen LogP contribution in [0.15, 0.2) is 72.9 Å². The van der Waals surface area contributed by atoms with Gasteiger partial charge in [-0.15, -0.1) is 0 Å². The standard InChI is InChI=1S/C25H30N2O/c1-20-12-14-22(15-13-20)17-26-16-8-11-23(26)19-27(24(28)25(2,3)4)18-21-9-6-5-7-10-21/h5-16H,17-19H2,1-4H3. The number of benzene rings is 2. The third-order valence-corrected chi connectivity index (χ3v) is 4.89. The molecule has 0 unspecified atom stereocenters. The lowest BCUT2D eigenvalue weighted by Crippen LogP contribution is -2.39. The van der Waals surface area contributed by atoms with Crippen molar-refractivity contribution in [2.24, 2.45) is 5.41 Å². The van der Waals surface area contributed by atoms with Crippen molar-refractivity contribution in [1.29, 1.82) is 0 Å². The molecule has 0 saturated heterocycles. The minimum atomic E-state index is -0.414. The Hall–Kier alpha value is -2.81. The monoisotopic (exact) mass is 374 g/mol. The lowest BCUT2D eigenvalue weighted by Gasteiger charge is -2.30. The van der Waals surface area contributed by atoms with Crippen LogP contribution >= 0.6 is 0 Å². The summed E-state index contributed by atoms with van der Waals surface area (Å²) in [4.78, 5) is 15.1. The Morgan fingerprint density at radius 1 is 0.857 bits per heavy atom. The predicted molar refractivity (Wildman–Crippen MR) is 115 cm³/mol. The average Bonchev–Trinajstić information content (AvgIpc) is 3.09. The largest absolute Gasteiger partial charge is 0.345 e. The van der Waals surface area contributed by atoms with Crippen LogP contribution in [-0.2, 0) is 24.4 Å². The van der Waals surface area contributed by atoms with E-state index in [9.17, 15) is 4.79 Å². The quantitative estimate of drug-likeness (QED) is 0.565. The molecule has 3 nitrogen and oxygen atoms in total. The van der Waals surface area contributed by atoms with Gasteiger partial charge < -0.3 is 9.47 Å². The fraction of sp³-hybridized carbons (Fsp3) is 0.320. The zero-order chi connectivity index (χ0) is 20.1. The molecule has 0 fully saturated rings. The maximum Gasteiger partial charge on any atom is 0.228 e. The van der Waals surface area contributed by atoms with E-state index in [1.807, 2.05) is 43.9 Å². The van der Waals surface area contributed by atoms with Gasteiger partial charge in [-0.3, -0.25) is 4.79 Å². The van der Waals surface area contributed by atoms with Gasteiger partial charge >= 0.3 is 0 Å². The first-order valence-electron chi connectivity index (χ1n) is 9.86. The summed E-state index contributed by atoms with van der Waals surface area (Å²) < 4.78 is 2.23. The van der Waals surface area contributed by atoms with Crippen LogP contribution in [0.3, 0.4) is 0 Å². The Balaban J connectivity index is 1.82. The van der Waals surface area contributed by atoms with E-state index >= 15 is 0 Å². The maximum atomic E-state index is 13.1. The summed E-state index contributed by atoms with van der Waals surface area (Å²) in [6.45, 7) is 10.1. The van der Waals surface area contributed by atoms with Crippen LogP contribution in [0.4, 0.5) is 0 Å². The van der Waals surface area contributed by atoms with Crippen LogP contribution in [0, 0.1) is 12.3 Å². The molecule has 0 saturated carbocycles. The van der Waals surface area contributed by atoms with Crippen molar-refractivity contribution in [1.82, 2.24) is 9.47 Å². The van der Waals surface area contributed by atoms with E-state index in [0.717, 1.165) is 17.8 Å². The molecule has 0 aliphatic heterocycles. The van der Waals surface area contributed by atoms with Crippen LogP contribution < -0.4 is 0 Å². The van der Waals surface area contributed by atoms with Crippen LogP contribution in [0.2, 0.25) is 0 Å². The van der Waals surface area contributed by atoms with Crippen molar-refractivity contribution in [3.05, 3.63) is 95.3 Å². The fourth-order valence-corrected chi connectivity index (χ4v) is 3.31. The first-order valence-corrected chi connectivity index (χ1v) is 9.86. The predicted octanol–water partition coefficient (Wildman–Crippen LogP) is 5.42. The SMILES string of the molecule is Cc1ccc(Cn2cccc2CN(Cc2ccccc2)C(=O)C(C)(C)C)cc1. The highest BCUT2D eigenvalue weighted by Crippen LogP contribution is 2.22. The van der Waals surface area contributed by atoms with Crippen molar-refractivity contribution in [2.45, 2.75) is 47.3 Å². The normalized spacial score (nSPS) is 11.4. The van der Waals surface area contributed by atoms with Crippen LogP contribution in [0.25, 0.3) is 0 Å². The molecule has 1 aromatic heterocycles. The van der Waals surface area contributed by atoms with Gasteiger partial charge in [0.2, 0.25) is 5.91 Å². The van der Waals surface area contributed by atoms with Gasteiger partial charge in [0, 0.05) is 30.4 Å². The minimum Gasteiger partial charge on any atom is -0.345 e. The van der Waals surface area contributed by atoms with Gasteiger partial charge in [0.1, 0.15) is 0 Å². The highest BCUT2D eigenvalue weighted by Gasteiger charge is 2.28. The van der Waals surface area contributed by atoms with Gasteiger partial charge in [-0.05, 0) is 30.2 Å². The zero-order valence-electron chi connectivity index (χ0n) is 17.4. The lowest BCUT2D eigenvalue weighted by atomic mass is 9.94. The van der Waals surface area contributed by atoms with E-state index < -0.39 is 5.41 Å². The summed E-state index contributed by atoms with van der Waals surface area (Å²) in [5.41, 5.74) is 4.41. The Labute approximate surface area is 168 Å². The number of hydrogen-bond donors (Lipinski definition) is 0. The number of carbonyl (C=O) groups is 1. The van der Waals surface area contributed by atoms with Crippen molar-refractivity contribution in [2.75, 3.05) is 0 Å². The molecule has 1 amide bonds. The summed E-state index contributed by atoms with van der Waals surface area (Å²) in [6.07, 6.45) is 2.09. The van der Waals surface area contributed by atoms with E-state index in [1.165, 1.54) is 11.1 Å². The first-order chi connectivity index (χ1) is 13.3. The fourth-order valence-electron chi connectivity index (χ4n) is 3.31. The number of rotatable bonds is 6. The first kappa shape index (κ1) is 19.9. The van der Waals surface area contributed by atoms with E-state index in [0.29, 0.717) is 13.1 Å². The molecule has 0 spiro atoms. The molecule has 0 bridgehead atoms. The Kier molecular flexibility index (Phi) is 6.03. The Morgan fingerprint density at radius 3 is 2.18 bits per heavy atom. The van der Waals surface area contributed by atoms with Crippen molar-refractivity contribution in [3.63, 3.8) is 0 Å². The average molecular weight is 375 g/mol. The molecule has 0 radical (unpaired) electrons. The maximum absolute atomic E-state index is 13.1. The molecule has 1 heterocycles. The second-order valence-electron chi connectivity index (χ2n) is 8.51. The molecule has 0 aliphatic rings. The number of amides is 1. The van der Waals surface area contributed by atoms with Crippen LogP contribution in [-0.4, -0.2) is 15.4 Å². The van der Waals surface area contributed by atoms with Gasteiger partial charge in [-0.2, -0.15) is 0 Å². The van der Waals surface area contributed by atoms with E-state index in [-0.39, 0.29) is 5.91 Å². The summed E-state index contributed by atoms with van der Waals surface area (Å²) in [5.74, 6) is 0.166. The van der Waals surface area contributed by atoms with Gasteiger partial charge in [0.05, 0.1) is 6.54 Å². The lowest BCUT2D eigenvalue weighted by molar-refractivity contribution is -0.140. The molecule has 3 aromatic rings. The van der Waals surface area contributed by atoms with Crippen molar-refractivity contribution < 1.29 is 4.79 Å². The molecular formula is C25H30N2O. The topological polar surface area (TPSA) is 25.2 Å². The van der Waals surface area contributed by atoms with E-state index in [1.54, 1.807) is 0 Å². The summed E-state index contributed by atoms with van der Waals surface area (Å²) in [5, 5.41) is 0. The number of carbonyl (C=O) groups excluding carboxylic acids is 1. The highest BCUT2D eigenvalue weighted by molar-refractivity contribution is 5.81. The number of hydrogen-bond acceptors (Lipinski definition) is 1. The summed E-state index contributed by atoms with van der Waals surface area (Å²) in [7, 11) is 0. The molecule has 146 valence electrons. The molecule has 3 heteroatoms. The number of aromatic nitrogens is 1. The second-order valence-corrected chi connectivity index (χ2v) is 8.51. The van der Waals surface area contributed by atoms with Crippen LogP contribution in [0.1, 0.15) is 43.2 Å². The third kappa shape index (κ3) is 5.13. The molecule has 28 heavy (non-hydrogen) atoms. The summed E-state index contributed by atoms with van der Waals surface area (Å²) in [6, 6.07) is 23.0. The minimum absolute atomic E-state index is 0.166. The van der Waals surface area contributed by atoms with Gasteiger partial charge in [0.25, 0.3) is 0 Å². The zero-order valence-corrected chi connectivity index (χ0v) is 17.4. The molecular weight excluding hydrogens is 344 g/mol. The van der Waals surface area contributed by atoms with Gasteiger partial charge in [0.15, 0.2) is 0 Å². The third-order valence-electron chi connectivity index (χ3n) is 4.89. The van der Waals surface area contributed by atoms with Crippen LogP contribution in [0.5, 0.6) is 0 Å². The highest BCUT2D eigenvalue weighted by atomic mass is 16.2. The molecule has 0 atom stereocenters. The second kappa shape index (κ2) is 8.47. The molecule has 3 rings (SSSR count). The summed E-state index contributed by atoms with van der Waals surface area (Å²) >= 11 is 0. The number of aryl methyl sites for hydroxylation is 1. The van der Waals surface area contributed by atoms with Crippen molar-refractivity contribution >= 4 is 5.91 Å². The van der Waals surface area contributed by atoms with Gasteiger partial charge in [-0.1, -0.05) is 80.9 Å². The number of nitrogens with zero attached hydrogens (tertiary/aromatic N) is 2. The Bertz CT molecular complexity index is 902. The van der Waals surface area contributed by atoms with Crippen molar-refractivity contribution in [3.8, 4) is 0 Å².